The van der Waals surface area contributed by atoms with E-state index in [9.17, 15) is 9.59 Å². The number of thiophene rings is 1. The van der Waals surface area contributed by atoms with Gasteiger partial charge >= 0.3 is 5.63 Å². The van der Waals surface area contributed by atoms with Crippen LogP contribution >= 0.6 is 22.9 Å². The third-order valence-electron chi connectivity index (χ3n) is 5.12. The van der Waals surface area contributed by atoms with E-state index in [4.69, 9.17) is 16.0 Å². The van der Waals surface area contributed by atoms with Gasteiger partial charge in [0.2, 0.25) is 0 Å². The lowest BCUT2D eigenvalue weighted by atomic mass is 10.1. The molecular weight excluding hydrogens is 410 g/mol. The lowest BCUT2D eigenvalue weighted by Gasteiger charge is -2.27. The van der Waals surface area contributed by atoms with Crippen LogP contribution in [0.3, 0.4) is 0 Å². The van der Waals surface area contributed by atoms with Gasteiger partial charge in [0.1, 0.15) is 5.58 Å². The zero-order valence-electron chi connectivity index (χ0n) is 15.3. The van der Waals surface area contributed by atoms with Crippen molar-refractivity contribution in [3.05, 3.63) is 84.4 Å². The summed E-state index contributed by atoms with van der Waals surface area (Å²) >= 11 is 8.05. The number of hydrogen-bond acceptors (Lipinski definition) is 6. The Bertz CT molecular complexity index is 1330. The maximum absolute atomic E-state index is 12.7. The third kappa shape index (κ3) is 3.31. The Balaban J connectivity index is 1.46. The third-order valence-corrected chi connectivity index (χ3v) is 6.43. The van der Waals surface area contributed by atoms with Crippen molar-refractivity contribution in [3.8, 4) is 10.7 Å². The molecule has 29 heavy (non-hydrogen) atoms. The van der Waals surface area contributed by atoms with Crippen molar-refractivity contribution < 1.29 is 4.42 Å². The van der Waals surface area contributed by atoms with E-state index >= 15 is 0 Å². The molecule has 0 amide bonds. The SMILES string of the molecule is O=c1[nH]c(-c2cccs2)nc2c1CN(Cc1c(Cl)c3ccccc3oc1=O)CC2. The normalized spacial score (nSPS) is 14.2. The highest BCUT2D eigenvalue weighted by molar-refractivity contribution is 7.13. The van der Waals surface area contributed by atoms with Gasteiger partial charge in [0.25, 0.3) is 5.56 Å². The number of nitrogens with zero attached hydrogens (tertiary/aromatic N) is 2. The van der Waals surface area contributed by atoms with Gasteiger partial charge in [-0.2, -0.15) is 0 Å². The average molecular weight is 426 g/mol. The molecule has 5 rings (SSSR count). The minimum Gasteiger partial charge on any atom is -0.422 e. The second-order valence-corrected chi connectivity index (χ2v) is 8.28. The van der Waals surface area contributed by atoms with Crippen molar-refractivity contribution in [2.75, 3.05) is 6.54 Å². The van der Waals surface area contributed by atoms with Gasteiger partial charge in [-0.3, -0.25) is 9.69 Å². The fourth-order valence-electron chi connectivity index (χ4n) is 3.65. The van der Waals surface area contributed by atoms with Gasteiger partial charge in [0.05, 0.1) is 26.7 Å². The molecule has 0 unspecified atom stereocenters. The van der Waals surface area contributed by atoms with E-state index in [1.165, 1.54) is 11.3 Å². The predicted octanol–water partition coefficient (Wildman–Crippen LogP) is 3.82. The first kappa shape index (κ1) is 18.3. The van der Waals surface area contributed by atoms with Crippen molar-refractivity contribution in [1.29, 1.82) is 0 Å². The predicted molar refractivity (Wildman–Crippen MR) is 113 cm³/mol. The molecule has 0 fully saturated rings. The largest absolute Gasteiger partial charge is 0.422 e. The Labute approximate surface area is 174 Å². The van der Waals surface area contributed by atoms with E-state index < -0.39 is 5.63 Å². The van der Waals surface area contributed by atoms with Gasteiger partial charge in [0, 0.05) is 31.4 Å². The van der Waals surface area contributed by atoms with Crippen LogP contribution in [-0.2, 0) is 19.5 Å². The zero-order valence-corrected chi connectivity index (χ0v) is 16.8. The monoisotopic (exact) mass is 425 g/mol. The number of aromatic nitrogens is 2. The maximum Gasteiger partial charge on any atom is 0.342 e. The molecule has 8 heteroatoms. The molecule has 0 aliphatic carbocycles. The summed E-state index contributed by atoms with van der Waals surface area (Å²) in [6.07, 6.45) is 0.633. The van der Waals surface area contributed by atoms with Crippen molar-refractivity contribution in [3.63, 3.8) is 0 Å². The van der Waals surface area contributed by atoms with Crippen LogP contribution in [-0.4, -0.2) is 21.4 Å². The molecule has 0 radical (unpaired) electrons. The van der Waals surface area contributed by atoms with Crippen LogP contribution in [0.5, 0.6) is 0 Å². The summed E-state index contributed by atoms with van der Waals surface area (Å²) in [4.78, 5) is 35.6. The second kappa shape index (κ2) is 7.26. The van der Waals surface area contributed by atoms with Crippen LogP contribution in [0, 0.1) is 0 Å². The molecule has 1 N–H and O–H groups in total. The van der Waals surface area contributed by atoms with Gasteiger partial charge in [-0.1, -0.05) is 29.8 Å². The summed E-state index contributed by atoms with van der Waals surface area (Å²) in [6, 6.07) is 11.1. The number of H-pyrrole nitrogens is 1. The highest BCUT2D eigenvalue weighted by Gasteiger charge is 2.24. The minimum atomic E-state index is -0.445. The molecule has 3 aromatic heterocycles. The highest BCUT2D eigenvalue weighted by Crippen LogP contribution is 2.27. The second-order valence-electron chi connectivity index (χ2n) is 6.96. The average Bonchev–Trinajstić information content (AvgIpc) is 3.26. The maximum atomic E-state index is 12.7. The van der Waals surface area contributed by atoms with Crippen LogP contribution in [0.4, 0.5) is 0 Å². The summed E-state index contributed by atoms with van der Waals surface area (Å²) in [5, 5.41) is 3.07. The lowest BCUT2D eigenvalue weighted by molar-refractivity contribution is 0.239. The smallest absolute Gasteiger partial charge is 0.342 e. The quantitative estimate of drug-likeness (QED) is 0.505. The summed E-state index contributed by atoms with van der Waals surface area (Å²) in [5.74, 6) is 0.607. The van der Waals surface area contributed by atoms with E-state index in [0.29, 0.717) is 59.0 Å². The highest BCUT2D eigenvalue weighted by atomic mass is 35.5. The number of rotatable bonds is 3. The molecule has 0 atom stereocenters. The standard InChI is InChI=1S/C21H16ClN3O3S/c22-18-12-4-1-2-5-16(12)28-21(27)14(18)11-25-8-7-15-13(10-25)20(26)24-19(23-15)17-6-3-9-29-17/h1-6,9H,7-8,10-11H2,(H,23,24,26). The number of aromatic amines is 1. The zero-order chi connectivity index (χ0) is 20.0. The molecule has 0 spiro atoms. The Morgan fingerprint density at radius 3 is 2.90 bits per heavy atom. The summed E-state index contributed by atoms with van der Waals surface area (Å²) in [7, 11) is 0. The Morgan fingerprint density at radius 1 is 1.21 bits per heavy atom. The molecule has 146 valence electrons. The van der Waals surface area contributed by atoms with E-state index in [1.807, 2.05) is 34.5 Å². The van der Waals surface area contributed by atoms with Crippen LogP contribution in [0.1, 0.15) is 16.8 Å². The Morgan fingerprint density at radius 2 is 2.07 bits per heavy atom. The number of benzene rings is 1. The molecule has 1 aliphatic rings. The van der Waals surface area contributed by atoms with Crippen LogP contribution in [0.15, 0.2) is 55.8 Å². The summed E-state index contributed by atoms with van der Waals surface area (Å²) in [6.45, 7) is 1.40. The lowest BCUT2D eigenvalue weighted by Crippen LogP contribution is -2.36. The van der Waals surface area contributed by atoms with E-state index in [1.54, 1.807) is 12.1 Å². The first-order valence-corrected chi connectivity index (χ1v) is 10.4. The van der Waals surface area contributed by atoms with Crippen LogP contribution in [0.2, 0.25) is 5.02 Å². The molecule has 0 saturated heterocycles. The number of hydrogen-bond donors (Lipinski definition) is 1. The fourth-order valence-corrected chi connectivity index (χ4v) is 4.62. The van der Waals surface area contributed by atoms with Gasteiger partial charge in [-0.15, -0.1) is 11.3 Å². The van der Waals surface area contributed by atoms with Crippen molar-refractivity contribution in [2.45, 2.75) is 19.5 Å². The van der Waals surface area contributed by atoms with Gasteiger partial charge in [-0.05, 0) is 23.6 Å². The number of halogens is 1. The molecule has 1 aliphatic heterocycles. The first-order valence-electron chi connectivity index (χ1n) is 9.18. The molecule has 0 saturated carbocycles. The van der Waals surface area contributed by atoms with Crippen molar-refractivity contribution in [2.24, 2.45) is 0 Å². The summed E-state index contributed by atoms with van der Waals surface area (Å²) in [5.41, 5.74) is 1.74. The van der Waals surface area contributed by atoms with Crippen LogP contribution in [0.25, 0.3) is 21.7 Å². The Kier molecular flexibility index (Phi) is 4.58. The molecule has 0 bridgehead atoms. The van der Waals surface area contributed by atoms with Crippen molar-refractivity contribution >= 4 is 33.9 Å². The van der Waals surface area contributed by atoms with E-state index in [-0.39, 0.29) is 5.56 Å². The van der Waals surface area contributed by atoms with Gasteiger partial charge in [-0.25, -0.2) is 9.78 Å². The van der Waals surface area contributed by atoms with Crippen molar-refractivity contribution in [1.82, 2.24) is 14.9 Å². The van der Waals surface area contributed by atoms with Gasteiger partial charge in [0.15, 0.2) is 5.82 Å². The molecular formula is C21H16ClN3O3S. The number of fused-ring (bicyclic) bond motifs is 2. The molecule has 6 nitrogen and oxygen atoms in total. The Hall–Kier alpha value is -2.74. The summed E-state index contributed by atoms with van der Waals surface area (Å²) < 4.78 is 5.42. The first-order chi connectivity index (χ1) is 14.1. The van der Waals surface area contributed by atoms with Crippen LogP contribution < -0.4 is 11.2 Å². The fraction of sp³-hybridized carbons (Fsp3) is 0.190. The number of nitrogens with one attached hydrogen (secondary N) is 1. The van der Waals surface area contributed by atoms with Gasteiger partial charge < -0.3 is 9.40 Å². The molecule has 1 aromatic carbocycles. The number of para-hydroxylation sites is 1. The molecule has 4 heterocycles. The minimum absolute atomic E-state index is 0.139. The van der Waals surface area contributed by atoms with E-state index in [2.05, 4.69) is 9.97 Å². The van der Waals surface area contributed by atoms with E-state index in [0.717, 1.165) is 10.6 Å². The topological polar surface area (TPSA) is 79.2 Å². The molecule has 4 aromatic rings.